The van der Waals surface area contributed by atoms with Gasteiger partial charge in [0.05, 0.1) is 12.1 Å². The molecule has 1 unspecified atom stereocenters. The summed E-state index contributed by atoms with van der Waals surface area (Å²) in [6.07, 6.45) is 5.88. The minimum atomic E-state index is -0.665. The molecule has 1 aromatic carbocycles. The van der Waals surface area contributed by atoms with Gasteiger partial charge in [0.25, 0.3) is 5.91 Å². The van der Waals surface area contributed by atoms with Crippen LogP contribution in [0.1, 0.15) is 55.3 Å². The van der Waals surface area contributed by atoms with Crippen molar-refractivity contribution in [3.8, 4) is 5.75 Å². The molecule has 3 heterocycles. The van der Waals surface area contributed by atoms with E-state index in [-0.39, 0.29) is 24.3 Å². The highest BCUT2D eigenvalue weighted by Crippen LogP contribution is 2.35. The molecule has 1 atom stereocenters. The molecule has 0 aromatic heterocycles. The van der Waals surface area contributed by atoms with E-state index >= 15 is 0 Å². The van der Waals surface area contributed by atoms with Gasteiger partial charge in [0.1, 0.15) is 17.9 Å². The number of amides is 3. The number of hydrogen-bond acceptors (Lipinski definition) is 4. The van der Waals surface area contributed by atoms with Crippen LogP contribution >= 0.6 is 0 Å². The van der Waals surface area contributed by atoms with Crippen LogP contribution in [0.5, 0.6) is 5.75 Å². The molecule has 0 aliphatic carbocycles. The number of ether oxygens (including phenoxy) is 1. The van der Waals surface area contributed by atoms with Gasteiger partial charge in [-0.25, -0.2) is 0 Å². The molecule has 1 aromatic rings. The molecule has 0 saturated carbocycles. The van der Waals surface area contributed by atoms with Gasteiger partial charge in [0.15, 0.2) is 0 Å². The molecule has 3 aliphatic rings. The second-order valence-corrected chi connectivity index (χ2v) is 8.80. The highest BCUT2D eigenvalue weighted by atomic mass is 16.5. The maximum Gasteiger partial charge on any atom is 0.258 e. The Morgan fingerprint density at radius 1 is 1.03 bits per heavy atom. The summed E-state index contributed by atoms with van der Waals surface area (Å²) in [4.78, 5) is 44.0. The van der Waals surface area contributed by atoms with E-state index in [4.69, 9.17) is 4.74 Å². The van der Waals surface area contributed by atoms with Crippen LogP contribution in [0, 0.1) is 0 Å². The molecule has 4 rings (SSSR count). The first-order valence-electron chi connectivity index (χ1n) is 11.1. The van der Waals surface area contributed by atoms with E-state index < -0.39 is 5.60 Å². The van der Waals surface area contributed by atoms with E-state index in [0.29, 0.717) is 43.7 Å². The van der Waals surface area contributed by atoms with Gasteiger partial charge in [-0.1, -0.05) is 25.0 Å². The third-order valence-corrected chi connectivity index (χ3v) is 6.62. The number of nitrogens with zero attached hydrogens (tertiary/aromatic N) is 3. The summed E-state index contributed by atoms with van der Waals surface area (Å²) < 4.78 is 6.44. The number of para-hydroxylation sites is 1. The third kappa shape index (κ3) is 4.30. The largest absolute Gasteiger partial charge is 0.485 e. The quantitative estimate of drug-likeness (QED) is 0.746. The van der Waals surface area contributed by atoms with Crippen molar-refractivity contribution >= 4 is 17.7 Å². The molecule has 2 fully saturated rings. The molecular weight excluding hydrogens is 382 g/mol. The Labute approximate surface area is 177 Å². The van der Waals surface area contributed by atoms with Crippen molar-refractivity contribution in [2.24, 2.45) is 0 Å². The van der Waals surface area contributed by atoms with Crippen molar-refractivity contribution in [1.29, 1.82) is 0 Å². The van der Waals surface area contributed by atoms with Gasteiger partial charge >= 0.3 is 0 Å². The van der Waals surface area contributed by atoms with Crippen LogP contribution in [0.25, 0.3) is 0 Å². The number of carbonyl (C=O) groups excluding carboxylic acids is 3. The predicted molar refractivity (Wildman–Crippen MR) is 112 cm³/mol. The van der Waals surface area contributed by atoms with E-state index in [2.05, 4.69) is 0 Å². The fraction of sp³-hybridized carbons (Fsp3) is 0.609. The summed E-state index contributed by atoms with van der Waals surface area (Å²) in [5.74, 6) is 0.465. The Kier molecular flexibility index (Phi) is 5.97. The van der Waals surface area contributed by atoms with Crippen LogP contribution in [-0.4, -0.2) is 77.8 Å². The predicted octanol–water partition coefficient (Wildman–Crippen LogP) is 2.30. The maximum absolute atomic E-state index is 13.4. The number of benzene rings is 1. The molecule has 3 amide bonds. The molecule has 0 radical (unpaired) electrons. The van der Waals surface area contributed by atoms with Crippen LogP contribution in [0.3, 0.4) is 0 Å². The average molecular weight is 414 g/mol. The SMILES string of the molecule is CN1CCC2(CCC1=O)CN(CC(=O)N1CCCCCC1)C(=O)c1ccccc1O2. The Bertz CT molecular complexity index is 818. The standard InChI is InChI=1S/C23H31N3O4/c1-24-15-12-23(11-10-20(24)27)17-26(16-21(28)25-13-6-2-3-7-14-25)22(29)18-8-4-5-9-19(18)30-23/h4-5,8-9H,2-3,6-7,10-17H2,1H3. The fourth-order valence-corrected chi connectivity index (χ4v) is 4.71. The summed E-state index contributed by atoms with van der Waals surface area (Å²) >= 11 is 0. The van der Waals surface area contributed by atoms with Crippen LogP contribution in [0.4, 0.5) is 0 Å². The maximum atomic E-state index is 13.4. The average Bonchev–Trinajstić information content (AvgIpc) is 3.14. The molecule has 0 N–H and O–H groups in total. The van der Waals surface area contributed by atoms with Gasteiger partial charge in [-0.2, -0.15) is 0 Å². The lowest BCUT2D eigenvalue weighted by Gasteiger charge is -2.35. The van der Waals surface area contributed by atoms with Crippen LogP contribution < -0.4 is 4.74 Å². The van der Waals surface area contributed by atoms with Gasteiger partial charge in [0, 0.05) is 39.5 Å². The zero-order valence-electron chi connectivity index (χ0n) is 17.8. The van der Waals surface area contributed by atoms with Gasteiger partial charge < -0.3 is 19.4 Å². The number of rotatable bonds is 2. The normalized spacial score (nSPS) is 25.3. The minimum Gasteiger partial charge on any atom is -0.485 e. The van der Waals surface area contributed by atoms with Crippen molar-refractivity contribution in [2.75, 3.05) is 39.8 Å². The van der Waals surface area contributed by atoms with Crippen LogP contribution in [0.15, 0.2) is 24.3 Å². The molecule has 0 bridgehead atoms. The van der Waals surface area contributed by atoms with Crippen LogP contribution in [0.2, 0.25) is 0 Å². The lowest BCUT2D eigenvalue weighted by molar-refractivity contribution is -0.132. The first-order chi connectivity index (χ1) is 14.5. The smallest absolute Gasteiger partial charge is 0.258 e. The molecular formula is C23H31N3O4. The molecule has 2 saturated heterocycles. The Balaban J connectivity index is 1.61. The summed E-state index contributed by atoms with van der Waals surface area (Å²) in [5, 5.41) is 0. The first-order valence-corrected chi connectivity index (χ1v) is 11.1. The van der Waals surface area contributed by atoms with E-state index in [9.17, 15) is 14.4 Å². The summed E-state index contributed by atoms with van der Waals surface area (Å²) in [6.45, 7) is 2.48. The first kappa shape index (κ1) is 20.7. The van der Waals surface area contributed by atoms with E-state index in [1.807, 2.05) is 23.1 Å². The lowest BCUT2D eigenvalue weighted by atomic mass is 9.93. The molecule has 3 aliphatic heterocycles. The Morgan fingerprint density at radius 3 is 2.53 bits per heavy atom. The number of carbonyl (C=O) groups is 3. The highest BCUT2D eigenvalue weighted by Gasteiger charge is 2.43. The summed E-state index contributed by atoms with van der Waals surface area (Å²) in [5.41, 5.74) is -0.177. The second kappa shape index (κ2) is 8.66. The number of fused-ring (bicyclic) bond motifs is 1. The topological polar surface area (TPSA) is 70.2 Å². The van der Waals surface area contributed by atoms with Crippen molar-refractivity contribution < 1.29 is 19.1 Å². The monoisotopic (exact) mass is 413 g/mol. The van der Waals surface area contributed by atoms with Crippen molar-refractivity contribution in [3.05, 3.63) is 29.8 Å². The second-order valence-electron chi connectivity index (χ2n) is 8.80. The van der Waals surface area contributed by atoms with Gasteiger partial charge in [0.2, 0.25) is 11.8 Å². The van der Waals surface area contributed by atoms with Crippen molar-refractivity contribution in [3.63, 3.8) is 0 Å². The zero-order chi connectivity index (χ0) is 21.1. The Hall–Kier alpha value is -2.57. The third-order valence-electron chi connectivity index (χ3n) is 6.62. The molecule has 7 heteroatoms. The highest BCUT2D eigenvalue weighted by molar-refractivity contribution is 5.99. The lowest BCUT2D eigenvalue weighted by Crippen LogP contribution is -2.51. The van der Waals surface area contributed by atoms with Gasteiger partial charge in [-0.15, -0.1) is 0 Å². The number of likely N-dealkylation sites (tertiary alicyclic amines) is 2. The zero-order valence-corrected chi connectivity index (χ0v) is 17.8. The molecule has 7 nitrogen and oxygen atoms in total. The summed E-state index contributed by atoms with van der Waals surface area (Å²) in [7, 11) is 1.80. The van der Waals surface area contributed by atoms with Crippen molar-refractivity contribution in [2.45, 2.75) is 50.5 Å². The fourth-order valence-electron chi connectivity index (χ4n) is 4.71. The minimum absolute atomic E-state index is 0.00148. The molecule has 1 spiro atoms. The number of hydrogen-bond donors (Lipinski definition) is 0. The van der Waals surface area contributed by atoms with E-state index in [1.54, 1.807) is 22.9 Å². The van der Waals surface area contributed by atoms with Crippen LogP contribution in [-0.2, 0) is 9.59 Å². The molecule has 162 valence electrons. The summed E-state index contributed by atoms with van der Waals surface area (Å²) in [6, 6.07) is 7.24. The van der Waals surface area contributed by atoms with E-state index in [0.717, 1.165) is 38.8 Å². The Morgan fingerprint density at radius 2 is 1.77 bits per heavy atom. The molecule has 30 heavy (non-hydrogen) atoms. The van der Waals surface area contributed by atoms with Crippen molar-refractivity contribution in [1.82, 2.24) is 14.7 Å². The van der Waals surface area contributed by atoms with Gasteiger partial charge in [-0.05, 0) is 31.4 Å². The van der Waals surface area contributed by atoms with E-state index in [1.165, 1.54) is 0 Å². The van der Waals surface area contributed by atoms with Gasteiger partial charge in [-0.3, -0.25) is 14.4 Å².